The molecule has 8 heteroatoms. The summed E-state index contributed by atoms with van der Waals surface area (Å²) in [6.07, 6.45) is 6.35. The highest BCUT2D eigenvalue weighted by Crippen LogP contribution is 2.44. The van der Waals surface area contributed by atoms with Crippen molar-refractivity contribution in [2.75, 3.05) is 0 Å². The Morgan fingerprint density at radius 2 is 2.00 bits per heavy atom. The number of epoxide rings is 1. The number of rotatable bonds is 5. The van der Waals surface area contributed by atoms with Gasteiger partial charge in [-0.1, -0.05) is 33.3 Å². The number of ketones is 1. The molecular weight excluding hydrogens is 490 g/mol. The van der Waals surface area contributed by atoms with Gasteiger partial charge in [-0.2, -0.15) is 0 Å². The second-order valence-corrected chi connectivity index (χ2v) is 12.5. The number of fused-ring (bicyclic) bond motifs is 1. The van der Waals surface area contributed by atoms with Crippen molar-refractivity contribution in [2.24, 2.45) is 17.3 Å². The van der Waals surface area contributed by atoms with Gasteiger partial charge in [-0.25, -0.2) is 4.98 Å². The van der Waals surface area contributed by atoms with Crippen molar-refractivity contribution in [1.82, 2.24) is 4.98 Å². The molecule has 0 radical (unpaired) electrons. The van der Waals surface area contributed by atoms with Crippen molar-refractivity contribution in [3.63, 3.8) is 0 Å². The number of carbonyl (C=O) groups excluding carboxylic acids is 2. The van der Waals surface area contributed by atoms with Crippen LogP contribution in [0.4, 0.5) is 0 Å². The van der Waals surface area contributed by atoms with Gasteiger partial charge in [0.15, 0.2) is 0 Å². The lowest BCUT2D eigenvalue weighted by molar-refractivity contribution is -0.154. The first-order valence-corrected chi connectivity index (χ1v) is 14.2. The summed E-state index contributed by atoms with van der Waals surface area (Å²) in [6, 6.07) is 0. The molecule has 2 N–H and O–H groups in total. The first kappa shape index (κ1) is 29.7. The normalized spacial score (nSPS) is 35.6. The van der Waals surface area contributed by atoms with E-state index in [1.54, 1.807) is 31.3 Å². The summed E-state index contributed by atoms with van der Waals surface area (Å²) < 4.78 is 11.8. The first-order valence-electron chi connectivity index (χ1n) is 13.4. The molecule has 0 spiro atoms. The Kier molecular flexibility index (Phi) is 9.89. The molecule has 3 heterocycles. The molecule has 2 fully saturated rings. The molecule has 0 aliphatic carbocycles. The summed E-state index contributed by atoms with van der Waals surface area (Å²) in [4.78, 5) is 31.0. The van der Waals surface area contributed by atoms with Gasteiger partial charge in [0, 0.05) is 17.7 Å². The molecule has 1 aromatic rings. The van der Waals surface area contributed by atoms with Gasteiger partial charge in [-0.05, 0) is 57.6 Å². The number of aromatic nitrogens is 1. The number of aliphatic hydroxyl groups is 2. The van der Waals surface area contributed by atoms with Crippen LogP contribution >= 0.6 is 11.3 Å². The Hall–Kier alpha value is -1.87. The van der Waals surface area contributed by atoms with Crippen LogP contribution in [0.1, 0.15) is 83.3 Å². The van der Waals surface area contributed by atoms with E-state index in [9.17, 15) is 19.8 Å². The largest absolute Gasteiger partial charge is 0.458 e. The molecule has 3 rings (SSSR count). The van der Waals surface area contributed by atoms with Crippen LogP contribution in [-0.2, 0) is 19.1 Å². The lowest BCUT2D eigenvalue weighted by Gasteiger charge is -2.36. The second kappa shape index (κ2) is 12.3. The van der Waals surface area contributed by atoms with E-state index in [1.165, 1.54) is 0 Å². The van der Waals surface area contributed by atoms with Crippen LogP contribution in [0.15, 0.2) is 24.1 Å². The number of thiazole rings is 1. The van der Waals surface area contributed by atoms with Crippen LogP contribution in [0.2, 0.25) is 0 Å². The zero-order chi connectivity index (χ0) is 27.4. The third-order valence-corrected chi connectivity index (χ3v) is 8.85. The summed E-state index contributed by atoms with van der Waals surface area (Å²) in [7, 11) is 0. The fourth-order valence-electron chi connectivity index (χ4n) is 5.22. The minimum Gasteiger partial charge on any atom is -0.458 e. The quantitative estimate of drug-likeness (QED) is 0.310. The van der Waals surface area contributed by atoms with Gasteiger partial charge in [0.05, 0.1) is 46.5 Å². The van der Waals surface area contributed by atoms with Gasteiger partial charge >= 0.3 is 5.97 Å². The van der Waals surface area contributed by atoms with Crippen LogP contribution in [0.5, 0.6) is 0 Å². The van der Waals surface area contributed by atoms with Gasteiger partial charge < -0.3 is 19.7 Å². The van der Waals surface area contributed by atoms with Crippen molar-refractivity contribution >= 4 is 29.2 Å². The predicted octanol–water partition coefficient (Wildman–Crippen LogP) is 5.03. The van der Waals surface area contributed by atoms with Gasteiger partial charge in [-0.3, -0.25) is 9.59 Å². The van der Waals surface area contributed by atoms with Crippen LogP contribution in [0, 0.1) is 24.2 Å². The molecule has 2 aliphatic heterocycles. The minimum absolute atomic E-state index is 0.0523. The van der Waals surface area contributed by atoms with Crippen molar-refractivity contribution < 1.29 is 29.3 Å². The molecule has 2 saturated heterocycles. The van der Waals surface area contributed by atoms with Crippen LogP contribution in [0.25, 0.3) is 6.08 Å². The summed E-state index contributed by atoms with van der Waals surface area (Å²) in [6.45, 7) is 13.0. The standard InChI is InChI=1S/C29H43NO6S/c1-7-8-11-22-26(33)18(2)10-9-14-29(6)24(36-29)15-21(13-12-20-17-37-19(3)30-20)35-25(32)16-23(31)28(4,5)27(22)34/h7,12-13,17-18,21-24,26,31,33H,1,8-11,14-16H2,2-6H3/t18-,21+,22+,23-,24?,26+,29?/m0/s1. The Morgan fingerprint density at radius 3 is 2.65 bits per heavy atom. The molecule has 0 amide bonds. The van der Waals surface area contributed by atoms with E-state index in [0.29, 0.717) is 19.3 Å². The van der Waals surface area contributed by atoms with E-state index < -0.39 is 35.6 Å². The lowest BCUT2D eigenvalue weighted by Crippen LogP contribution is -2.46. The predicted molar refractivity (Wildman–Crippen MR) is 145 cm³/mol. The number of cyclic esters (lactones) is 1. The fraction of sp³-hybridized carbons (Fsp3) is 0.690. The Labute approximate surface area is 225 Å². The molecule has 7 atom stereocenters. The molecule has 37 heavy (non-hydrogen) atoms. The Morgan fingerprint density at radius 1 is 1.27 bits per heavy atom. The van der Waals surface area contributed by atoms with Crippen molar-refractivity contribution in [1.29, 1.82) is 0 Å². The average Bonchev–Trinajstić information content (AvgIpc) is 3.26. The van der Waals surface area contributed by atoms with E-state index >= 15 is 0 Å². The van der Waals surface area contributed by atoms with Crippen molar-refractivity contribution in [3.05, 3.63) is 34.8 Å². The maximum absolute atomic E-state index is 13.6. The molecule has 0 bridgehead atoms. The maximum atomic E-state index is 13.6. The van der Waals surface area contributed by atoms with Gasteiger partial charge in [0.1, 0.15) is 11.9 Å². The van der Waals surface area contributed by atoms with Crippen LogP contribution < -0.4 is 0 Å². The van der Waals surface area contributed by atoms with E-state index in [-0.39, 0.29) is 29.8 Å². The molecule has 7 nitrogen and oxygen atoms in total. The maximum Gasteiger partial charge on any atom is 0.309 e. The van der Waals surface area contributed by atoms with Gasteiger partial charge in [-0.15, -0.1) is 17.9 Å². The summed E-state index contributed by atoms with van der Waals surface area (Å²) in [5.74, 6) is -1.57. The van der Waals surface area contributed by atoms with Gasteiger partial charge in [0.25, 0.3) is 0 Å². The van der Waals surface area contributed by atoms with Gasteiger partial charge in [0.2, 0.25) is 0 Å². The number of aliphatic hydroxyl groups excluding tert-OH is 2. The van der Waals surface area contributed by atoms with Crippen molar-refractivity contribution in [3.8, 4) is 0 Å². The van der Waals surface area contributed by atoms with E-state index in [2.05, 4.69) is 18.5 Å². The number of Topliss-reactive ketones (excluding diaryl/α,β-unsaturated/α-hetero) is 1. The highest BCUT2D eigenvalue weighted by atomic mass is 32.1. The van der Waals surface area contributed by atoms with Crippen LogP contribution in [-0.4, -0.2) is 57.0 Å². The number of allylic oxidation sites excluding steroid dienone is 1. The molecule has 0 saturated carbocycles. The second-order valence-electron chi connectivity index (χ2n) is 11.5. The summed E-state index contributed by atoms with van der Waals surface area (Å²) >= 11 is 1.55. The number of hydrogen-bond donors (Lipinski definition) is 2. The lowest BCUT2D eigenvalue weighted by atomic mass is 9.71. The van der Waals surface area contributed by atoms with Crippen LogP contribution in [0.3, 0.4) is 0 Å². The van der Waals surface area contributed by atoms with Crippen molar-refractivity contribution in [2.45, 2.75) is 110 Å². The number of ether oxygens (including phenoxy) is 2. The average molecular weight is 534 g/mol. The number of nitrogens with zero attached hydrogens (tertiary/aromatic N) is 1. The summed E-state index contributed by atoms with van der Waals surface area (Å²) in [5, 5.41) is 25.1. The number of hydrogen-bond acceptors (Lipinski definition) is 8. The SMILES string of the molecule is C=CCC[C@H]1C(=O)C(C)(C)[C@@H](O)CC(=O)O[C@H](C=Cc2csc(C)n2)CC2OC2(C)CCC[C@H](C)[C@H]1O. The molecule has 0 aromatic carbocycles. The summed E-state index contributed by atoms with van der Waals surface area (Å²) in [5.41, 5.74) is -0.739. The molecule has 2 unspecified atom stereocenters. The first-order chi connectivity index (χ1) is 17.4. The fourth-order valence-corrected chi connectivity index (χ4v) is 5.80. The number of aryl methyl sites for hydroxylation is 1. The highest BCUT2D eigenvalue weighted by Gasteiger charge is 2.52. The van der Waals surface area contributed by atoms with E-state index in [1.807, 2.05) is 31.4 Å². The topological polar surface area (TPSA) is 109 Å². The smallest absolute Gasteiger partial charge is 0.309 e. The Balaban J connectivity index is 1.84. The number of carbonyl (C=O) groups is 2. The zero-order valence-electron chi connectivity index (χ0n) is 22.8. The minimum atomic E-state index is -1.25. The van der Waals surface area contributed by atoms with E-state index in [4.69, 9.17) is 9.47 Å². The Bertz CT molecular complexity index is 987. The van der Waals surface area contributed by atoms with E-state index in [0.717, 1.165) is 30.0 Å². The third kappa shape index (κ3) is 7.59. The third-order valence-electron chi connectivity index (χ3n) is 8.06. The molecule has 206 valence electrons. The molecule has 2 aliphatic rings. The number of esters is 1. The monoisotopic (exact) mass is 533 g/mol. The molecule has 1 aromatic heterocycles. The molecular formula is C29H43NO6S. The zero-order valence-corrected chi connectivity index (χ0v) is 23.6. The highest BCUT2D eigenvalue weighted by molar-refractivity contribution is 7.09.